The van der Waals surface area contributed by atoms with Crippen molar-refractivity contribution in [1.29, 1.82) is 0 Å². The summed E-state index contributed by atoms with van der Waals surface area (Å²) in [6.45, 7) is 3.32. The number of urea groups is 1. The van der Waals surface area contributed by atoms with Crippen molar-refractivity contribution in [3.63, 3.8) is 0 Å². The Morgan fingerprint density at radius 2 is 1.79 bits per heavy atom. The number of nitrogens with zero attached hydrogens (tertiary/aromatic N) is 3. The first-order valence-corrected chi connectivity index (χ1v) is 10.5. The minimum Gasteiger partial charge on any atom is -0.325 e. The van der Waals surface area contributed by atoms with Gasteiger partial charge >= 0.3 is 6.03 Å². The Labute approximate surface area is 164 Å². The molecule has 2 saturated heterocycles. The first-order valence-electron chi connectivity index (χ1n) is 10.5. The average molecular weight is 382 g/mol. The number of hydrogen-bond donors (Lipinski definition) is 1. The third-order valence-electron chi connectivity index (χ3n) is 7.03. The Hall–Kier alpha value is -2.37. The lowest BCUT2D eigenvalue weighted by molar-refractivity contribution is 0.145. The standard InChI is InChI=1S/C22H27FN4O/c23-21-10-16(19-11-24-25-12-19)4-5-20(21)15-6-8-26(9-7-15)22(28)27-13-17-2-1-3-18(17)14-27/h4-5,10-12,15,17-18H,1-3,6-9,13-14H2,(H,24,25). The van der Waals surface area contributed by atoms with Gasteiger partial charge in [0.2, 0.25) is 0 Å². The molecule has 0 bridgehead atoms. The number of aromatic nitrogens is 2. The number of nitrogens with one attached hydrogen (secondary N) is 1. The van der Waals surface area contributed by atoms with E-state index in [1.807, 2.05) is 17.0 Å². The molecule has 6 heteroatoms. The van der Waals surface area contributed by atoms with Crippen LogP contribution in [0.25, 0.3) is 11.1 Å². The van der Waals surface area contributed by atoms with Crippen LogP contribution in [0.15, 0.2) is 30.6 Å². The molecule has 2 aromatic rings. The lowest BCUT2D eigenvalue weighted by Crippen LogP contribution is -2.46. The van der Waals surface area contributed by atoms with Crippen LogP contribution in [0.3, 0.4) is 0 Å². The Balaban J connectivity index is 1.21. The SMILES string of the molecule is O=C(N1CCC(c2ccc(-c3cn[nH]c3)cc2F)CC1)N1CC2CCCC2C1. The molecule has 2 aliphatic heterocycles. The molecule has 2 unspecified atom stereocenters. The van der Waals surface area contributed by atoms with Crippen LogP contribution in [-0.4, -0.2) is 52.2 Å². The Bertz CT molecular complexity index is 832. The third kappa shape index (κ3) is 3.19. The minimum atomic E-state index is -0.157. The van der Waals surface area contributed by atoms with Gasteiger partial charge in [-0.05, 0) is 60.6 Å². The molecule has 1 aromatic carbocycles. The van der Waals surface area contributed by atoms with E-state index in [0.29, 0.717) is 0 Å². The molecular formula is C22H27FN4O. The van der Waals surface area contributed by atoms with Gasteiger partial charge in [-0.15, -0.1) is 0 Å². The fraction of sp³-hybridized carbons (Fsp3) is 0.545. The highest BCUT2D eigenvalue weighted by Gasteiger charge is 2.39. The fourth-order valence-electron chi connectivity index (χ4n) is 5.42. The maximum Gasteiger partial charge on any atom is 0.320 e. The van der Waals surface area contributed by atoms with E-state index >= 15 is 0 Å². The van der Waals surface area contributed by atoms with Gasteiger partial charge in [0.1, 0.15) is 5.82 Å². The van der Waals surface area contributed by atoms with Crippen molar-refractivity contribution >= 4 is 6.03 Å². The molecule has 2 atom stereocenters. The van der Waals surface area contributed by atoms with Gasteiger partial charge in [0, 0.05) is 37.9 Å². The molecule has 1 N–H and O–H groups in total. The molecule has 1 aromatic heterocycles. The van der Waals surface area contributed by atoms with Crippen LogP contribution in [0.5, 0.6) is 0 Å². The number of H-pyrrole nitrogens is 1. The Kier molecular flexibility index (Phi) is 4.57. The van der Waals surface area contributed by atoms with Gasteiger partial charge in [-0.25, -0.2) is 9.18 Å². The number of likely N-dealkylation sites (tertiary alicyclic amines) is 2. The van der Waals surface area contributed by atoms with E-state index in [0.717, 1.165) is 67.5 Å². The topological polar surface area (TPSA) is 52.2 Å². The largest absolute Gasteiger partial charge is 0.325 e. The summed E-state index contributed by atoms with van der Waals surface area (Å²) in [4.78, 5) is 16.9. The minimum absolute atomic E-state index is 0.157. The number of amides is 2. The number of carbonyl (C=O) groups excluding carboxylic acids is 1. The van der Waals surface area contributed by atoms with E-state index in [1.165, 1.54) is 19.3 Å². The summed E-state index contributed by atoms with van der Waals surface area (Å²) in [5.41, 5.74) is 2.50. The van der Waals surface area contributed by atoms with Crippen molar-refractivity contribution < 1.29 is 9.18 Å². The third-order valence-corrected chi connectivity index (χ3v) is 7.03. The van der Waals surface area contributed by atoms with Crippen molar-refractivity contribution in [2.75, 3.05) is 26.2 Å². The summed E-state index contributed by atoms with van der Waals surface area (Å²) < 4.78 is 14.7. The molecule has 0 radical (unpaired) electrons. The zero-order valence-electron chi connectivity index (χ0n) is 16.1. The zero-order valence-corrected chi connectivity index (χ0v) is 16.1. The smallest absolute Gasteiger partial charge is 0.320 e. The quantitative estimate of drug-likeness (QED) is 0.844. The van der Waals surface area contributed by atoms with E-state index in [1.54, 1.807) is 18.5 Å². The van der Waals surface area contributed by atoms with Gasteiger partial charge in [-0.3, -0.25) is 5.10 Å². The van der Waals surface area contributed by atoms with Crippen LogP contribution in [0.4, 0.5) is 9.18 Å². The normalized spacial score (nSPS) is 25.3. The number of aromatic amines is 1. The lowest BCUT2D eigenvalue weighted by Gasteiger charge is -2.35. The van der Waals surface area contributed by atoms with E-state index in [9.17, 15) is 9.18 Å². The Morgan fingerprint density at radius 1 is 1.04 bits per heavy atom. The highest BCUT2D eigenvalue weighted by Crippen LogP contribution is 2.38. The van der Waals surface area contributed by atoms with Crippen LogP contribution >= 0.6 is 0 Å². The monoisotopic (exact) mass is 382 g/mol. The summed E-state index contributed by atoms with van der Waals surface area (Å²) >= 11 is 0. The second kappa shape index (κ2) is 7.22. The van der Waals surface area contributed by atoms with Crippen molar-refractivity contribution in [3.8, 4) is 11.1 Å². The summed E-state index contributed by atoms with van der Waals surface area (Å²) in [7, 11) is 0. The number of halogens is 1. The molecule has 1 aliphatic carbocycles. The average Bonchev–Trinajstić information content (AvgIpc) is 3.45. The van der Waals surface area contributed by atoms with E-state index in [2.05, 4.69) is 15.1 Å². The van der Waals surface area contributed by atoms with Gasteiger partial charge in [0.15, 0.2) is 0 Å². The summed E-state index contributed by atoms with van der Waals surface area (Å²) in [6, 6.07) is 5.66. The number of hydrogen-bond acceptors (Lipinski definition) is 2. The van der Waals surface area contributed by atoms with Gasteiger partial charge in [0.25, 0.3) is 0 Å². The predicted molar refractivity (Wildman–Crippen MR) is 105 cm³/mol. The van der Waals surface area contributed by atoms with Crippen molar-refractivity contribution in [2.24, 2.45) is 11.8 Å². The summed E-state index contributed by atoms with van der Waals surface area (Å²) in [5.74, 6) is 1.48. The summed E-state index contributed by atoms with van der Waals surface area (Å²) in [5, 5.41) is 6.69. The molecule has 148 valence electrons. The number of carbonyl (C=O) groups is 1. The summed E-state index contributed by atoms with van der Waals surface area (Å²) in [6.07, 6.45) is 9.02. The van der Waals surface area contributed by atoms with E-state index in [4.69, 9.17) is 0 Å². The first-order chi connectivity index (χ1) is 13.7. The number of fused-ring (bicyclic) bond motifs is 1. The molecule has 3 fully saturated rings. The Morgan fingerprint density at radius 3 is 2.43 bits per heavy atom. The molecule has 5 rings (SSSR count). The fourth-order valence-corrected chi connectivity index (χ4v) is 5.42. The van der Waals surface area contributed by atoms with Gasteiger partial charge in [-0.1, -0.05) is 18.6 Å². The molecule has 5 nitrogen and oxygen atoms in total. The maximum atomic E-state index is 14.7. The number of rotatable bonds is 2. The van der Waals surface area contributed by atoms with Gasteiger partial charge < -0.3 is 9.80 Å². The molecular weight excluding hydrogens is 355 g/mol. The highest BCUT2D eigenvalue weighted by molar-refractivity contribution is 5.75. The lowest BCUT2D eigenvalue weighted by atomic mass is 9.88. The van der Waals surface area contributed by atoms with Crippen LogP contribution in [0.1, 0.15) is 43.6 Å². The number of benzene rings is 1. The molecule has 3 heterocycles. The maximum absolute atomic E-state index is 14.7. The van der Waals surface area contributed by atoms with E-state index < -0.39 is 0 Å². The van der Waals surface area contributed by atoms with Crippen LogP contribution < -0.4 is 0 Å². The van der Waals surface area contributed by atoms with Crippen LogP contribution in [0, 0.1) is 17.7 Å². The molecule has 1 saturated carbocycles. The first kappa shape index (κ1) is 17.7. The zero-order chi connectivity index (χ0) is 19.1. The molecule has 28 heavy (non-hydrogen) atoms. The van der Waals surface area contributed by atoms with Crippen molar-refractivity contribution in [1.82, 2.24) is 20.0 Å². The predicted octanol–water partition coefficient (Wildman–Crippen LogP) is 4.25. The highest BCUT2D eigenvalue weighted by atomic mass is 19.1. The molecule has 2 amide bonds. The number of piperidine rings is 1. The van der Waals surface area contributed by atoms with Crippen LogP contribution in [-0.2, 0) is 0 Å². The molecule has 0 spiro atoms. The van der Waals surface area contributed by atoms with Gasteiger partial charge in [-0.2, -0.15) is 5.10 Å². The van der Waals surface area contributed by atoms with E-state index in [-0.39, 0.29) is 17.8 Å². The van der Waals surface area contributed by atoms with Gasteiger partial charge in [0.05, 0.1) is 6.20 Å². The second-order valence-electron chi connectivity index (χ2n) is 8.62. The van der Waals surface area contributed by atoms with Crippen molar-refractivity contribution in [2.45, 2.75) is 38.0 Å². The molecule has 3 aliphatic rings. The van der Waals surface area contributed by atoms with Crippen LogP contribution in [0.2, 0.25) is 0 Å². The van der Waals surface area contributed by atoms with Crippen molar-refractivity contribution in [3.05, 3.63) is 42.0 Å². The second-order valence-corrected chi connectivity index (χ2v) is 8.62.